The lowest BCUT2D eigenvalue weighted by atomic mass is 10.9. The van der Waals surface area contributed by atoms with E-state index in [9.17, 15) is 0 Å². The second-order valence-corrected chi connectivity index (χ2v) is 1.43. The van der Waals surface area contributed by atoms with Crippen LogP contribution in [0.1, 0.15) is 14.4 Å². The van der Waals surface area contributed by atoms with Crippen molar-refractivity contribution in [3.05, 3.63) is 0 Å². The van der Waals surface area contributed by atoms with Crippen LogP contribution in [-0.4, -0.2) is 16.4 Å². The molecule has 0 atom stereocenters. The zero-order chi connectivity index (χ0) is 6.28. The Kier molecular flexibility index (Phi) is 30.9. The molecule has 0 saturated carbocycles. The third-order valence-corrected chi connectivity index (χ3v) is 0. The van der Waals surface area contributed by atoms with Crippen molar-refractivity contribution in [3.63, 3.8) is 0 Å². The van der Waals surface area contributed by atoms with Crippen molar-refractivity contribution >= 4 is 29.2 Å². The fourth-order valence-corrected chi connectivity index (χ4v) is 0. The summed E-state index contributed by atoms with van der Waals surface area (Å²) in [5.74, 6) is -0.833. The average molecular weight is 161 g/mol. The molecule has 0 fully saturated rings. The molecule has 0 aromatic heterocycles. The van der Waals surface area contributed by atoms with Crippen LogP contribution in [0.5, 0.6) is 0 Å². The number of carboxylic acids is 1. The van der Waals surface area contributed by atoms with E-state index in [1.165, 1.54) is 0 Å². The van der Waals surface area contributed by atoms with Crippen molar-refractivity contribution < 1.29 is 9.90 Å². The van der Waals surface area contributed by atoms with Crippen LogP contribution in [0.3, 0.4) is 0 Å². The lowest BCUT2D eigenvalue weighted by molar-refractivity contribution is -0.134. The molecule has 0 aromatic rings. The maximum atomic E-state index is 9.00. The van der Waals surface area contributed by atoms with Gasteiger partial charge in [-0.05, 0) is 0 Å². The predicted molar refractivity (Wildman–Crippen MR) is 36.6 cm³/mol. The molecule has 0 aliphatic carbocycles. The van der Waals surface area contributed by atoms with E-state index in [-0.39, 0.29) is 12.8 Å². The highest BCUT2D eigenvalue weighted by atomic mass is 35.5. The van der Waals surface area contributed by atoms with Crippen LogP contribution in [0, 0.1) is 0 Å². The molecule has 1 N–H and O–H groups in total. The van der Waals surface area contributed by atoms with Gasteiger partial charge in [-0.2, -0.15) is 0 Å². The van der Waals surface area contributed by atoms with Crippen molar-refractivity contribution in [2.75, 3.05) is 5.34 Å². The molecule has 0 saturated heterocycles. The van der Waals surface area contributed by atoms with Gasteiger partial charge in [-0.15, -0.1) is 23.2 Å². The number of carbonyl (C=O) groups is 1. The summed E-state index contributed by atoms with van der Waals surface area (Å²) in [5, 5.41) is 7.61. The number of alkyl halides is 2. The van der Waals surface area contributed by atoms with Gasteiger partial charge in [0.15, 0.2) is 0 Å². The molecule has 2 nitrogen and oxygen atoms in total. The molecule has 0 unspecified atom stereocenters. The topological polar surface area (TPSA) is 37.3 Å². The van der Waals surface area contributed by atoms with E-state index in [1.807, 2.05) is 0 Å². The van der Waals surface area contributed by atoms with Crippen LogP contribution in [0.15, 0.2) is 0 Å². The number of carboxylic acid groups (broad SMARTS) is 1. The van der Waals surface area contributed by atoms with Crippen LogP contribution >= 0.6 is 23.2 Å². The highest BCUT2D eigenvalue weighted by molar-refractivity contribution is 6.40. The Morgan fingerprint density at radius 2 is 1.62 bits per heavy atom. The summed E-state index contributed by atoms with van der Waals surface area (Å²) in [4.78, 5) is 9.00. The second kappa shape index (κ2) is 15.7. The van der Waals surface area contributed by atoms with E-state index in [2.05, 4.69) is 0 Å². The maximum Gasteiger partial charge on any atom is 0.300 e. The summed E-state index contributed by atoms with van der Waals surface area (Å²) in [5.41, 5.74) is 0. The third-order valence-electron chi connectivity index (χ3n) is 0. The highest BCUT2D eigenvalue weighted by Crippen LogP contribution is 1.73. The van der Waals surface area contributed by atoms with E-state index in [4.69, 9.17) is 33.1 Å². The van der Waals surface area contributed by atoms with Crippen LogP contribution in [0.2, 0.25) is 0 Å². The number of halogens is 2. The summed E-state index contributed by atoms with van der Waals surface area (Å²) in [6, 6.07) is 0. The van der Waals surface area contributed by atoms with Crippen molar-refractivity contribution in [2.24, 2.45) is 0 Å². The minimum Gasteiger partial charge on any atom is -0.481 e. The van der Waals surface area contributed by atoms with Gasteiger partial charge in [0.25, 0.3) is 5.97 Å². The zero-order valence-corrected chi connectivity index (χ0v) is 5.33. The van der Waals surface area contributed by atoms with Gasteiger partial charge in [-0.3, -0.25) is 4.79 Å². The first kappa shape index (κ1) is 15.7. The standard InChI is InChI=1S/C2H4O2.CH2Cl2.CH4/c1-2(3)4;2-1-3;/h1H3,(H,3,4);1H2;1H4. The Morgan fingerprint density at radius 3 is 1.62 bits per heavy atom. The zero-order valence-electron chi connectivity index (χ0n) is 3.82. The molecule has 0 amide bonds. The first-order valence-electron chi connectivity index (χ1n) is 1.46. The smallest absolute Gasteiger partial charge is 0.300 e. The van der Waals surface area contributed by atoms with Gasteiger partial charge >= 0.3 is 0 Å². The van der Waals surface area contributed by atoms with Crippen LogP contribution < -0.4 is 0 Å². The Morgan fingerprint density at radius 1 is 1.62 bits per heavy atom. The second-order valence-electron chi connectivity index (χ2n) is 0.620. The minimum atomic E-state index is -0.833. The van der Waals surface area contributed by atoms with Gasteiger partial charge in [-0.1, -0.05) is 7.43 Å². The largest absolute Gasteiger partial charge is 0.481 e. The van der Waals surface area contributed by atoms with Gasteiger partial charge in [0.2, 0.25) is 0 Å². The molecule has 0 radical (unpaired) electrons. The van der Waals surface area contributed by atoms with Gasteiger partial charge in [-0.25, -0.2) is 0 Å². The SMILES string of the molecule is C.CC(=O)O.ClCCl. The molecular formula is C4H10Cl2O2. The lowest BCUT2D eigenvalue weighted by Crippen LogP contribution is -1.78. The Hall–Kier alpha value is 0.0500. The molecule has 8 heavy (non-hydrogen) atoms. The Labute approximate surface area is 59.4 Å². The van der Waals surface area contributed by atoms with Crippen LogP contribution in [0.25, 0.3) is 0 Å². The number of hydrogen-bond acceptors (Lipinski definition) is 1. The predicted octanol–water partition coefficient (Wildman–Crippen LogP) is 2.15. The minimum absolute atomic E-state index is 0. The Balaban J connectivity index is -0.0000000575. The highest BCUT2D eigenvalue weighted by Gasteiger charge is 1.65. The van der Waals surface area contributed by atoms with Crippen molar-refractivity contribution in [1.29, 1.82) is 0 Å². The number of rotatable bonds is 0. The molecule has 52 valence electrons. The molecule has 0 rings (SSSR count). The van der Waals surface area contributed by atoms with E-state index >= 15 is 0 Å². The van der Waals surface area contributed by atoms with E-state index in [1.54, 1.807) is 0 Å². The molecule has 0 aliphatic heterocycles. The van der Waals surface area contributed by atoms with Gasteiger partial charge in [0.05, 0.1) is 5.34 Å². The Bertz CT molecular complexity index is 43.3. The van der Waals surface area contributed by atoms with E-state index in [0.29, 0.717) is 0 Å². The third kappa shape index (κ3) is 61700. The maximum absolute atomic E-state index is 9.00. The van der Waals surface area contributed by atoms with Crippen LogP contribution in [-0.2, 0) is 4.79 Å². The van der Waals surface area contributed by atoms with Crippen LogP contribution in [0.4, 0.5) is 0 Å². The summed E-state index contributed by atoms with van der Waals surface area (Å²) < 4.78 is 0. The van der Waals surface area contributed by atoms with Gasteiger partial charge in [0.1, 0.15) is 0 Å². The lowest BCUT2D eigenvalue weighted by Gasteiger charge is -1.59. The van der Waals surface area contributed by atoms with E-state index in [0.717, 1.165) is 6.92 Å². The fraction of sp³-hybridized carbons (Fsp3) is 0.750. The number of hydrogen-bond donors (Lipinski definition) is 1. The summed E-state index contributed by atoms with van der Waals surface area (Å²) >= 11 is 9.53. The average Bonchev–Trinajstić information content (AvgIpc) is 1.33. The summed E-state index contributed by atoms with van der Waals surface area (Å²) in [7, 11) is 0. The normalized spacial score (nSPS) is 5.38. The van der Waals surface area contributed by atoms with E-state index < -0.39 is 5.97 Å². The summed E-state index contributed by atoms with van der Waals surface area (Å²) in [6.07, 6.45) is 0. The van der Waals surface area contributed by atoms with Crippen molar-refractivity contribution in [3.8, 4) is 0 Å². The molecule has 0 spiro atoms. The molecule has 0 aromatic carbocycles. The fourth-order valence-electron chi connectivity index (χ4n) is 0. The molecule has 0 bridgehead atoms. The molecule has 0 aliphatic rings. The molecule has 0 heterocycles. The molecular weight excluding hydrogens is 151 g/mol. The monoisotopic (exact) mass is 160 g/mol. The first-order valence-corrected chi connectivity index (χ1v) is 2.53. The first-order chi connectivity index (χ1) is 3.15. The van der Waals surface area contributed by atoms with Crippen molar-refractivity contribution in [1.82, 2.24) is 0 Å². The van der Waals surface area contributed by atoms with Crippen molar-refractivity contribution in [2.45, 2.75) is 14.4 Å². The summed E-state index contributed by atoms with van der Waals surface area (Å²) in [6.45, 7) is 1.08. The number of aliphatic carboxylic acids is 1. The molecule has 4 heteroatoms. The quantitative estimate of drug-likeness (QED) is 0.552. The van der Waals surface area contributed by atoms with Gasteiger partial charge in [0, 0.05) is 6.92 Å². The van der Waals surface area contributed by atoms with Gasteiger partial charge < -0.3 is 5.11 Å².